The zero-order chi connectivity index (χ0) is 18.6. The average molecular weight is 397 g/mol. The van der Waals surface area contributed by atoms with Gasteiger partial charge in [-0.2, -0.15) is 0 Å². The fourth-order valence-corrected chi connectivity index (χ4v) is 7.48. The van der Waals surface area contributed by atoms with E-state index in [0.717, 1.165) is 29.8 Å². The average Bonchev–Trinajstić information content (AvgIpc) is 3.33. The van der Waals surface area contributed by atoms with Gasteiger partial charge in [-0.1, -0.05) is 12.1 Å². The number of thiophene rings is 1. The van der Waals surface area contributed by atoms with Crippen molar-refractivity contribution in [3.05, 3.63) is 70.2 Å². The molecule has 1 fully saturated rings. The minimum Gasteiger partial charge on any atom is -0.296 e. The molecule has 5 rings (SSSR count). The molecule has 27 heavy (non-hydrogen) atoms. The molecular weight excluding hydrogens is 376 g/mol. The molecule has 2 aliphatic heterocycles. The summed E-state index contributed by atoms with van der Waals surface area (Å²) in [5.74, 6) is 0.0573. The minimum absolute atomic E-state index is 0.0573. The number of pyridine rings is 1. The van der Waals surface area contributed by atoms with E-state index >= 15 is 0 Å². The van der Waals surface area contributed by atoms with Crippen molar-refractivity contribution >= 4 is 21.2 Å². The molecule has 1 saturated heterocycles. The van der Waals surface area contributed by atoms with Crippen LogP contribution in [0.5, 0.6) is 0 Å². The highest BCUT2D eigenvalue weighted by Gasteiger charge is 2.50. The summed E-state index contributed by atoms with van der Waals surface area (Å²) in [7, 11) is -3.26. The van der Waals surface area contributed by atoms with Crippen molar-refractivity contribution in [2.45, 2.75) is 29.5 Å². The summed E-state index contributed by atoms with van der Waals surface area (Å²) in [6.45, 7) is 4.37. The van der Waals surface area contributed by atoms with Crippen molar-refractivity contribution in [3.8, 4) is 11.1 Å². The van der Waals surface area contributed by atoms with Crippen molar-refractivity contribution in [2.75, 3.05) is 13.1 Å². The predicted octanol–water partition coefficient (Wildman–Crippen LogP) is 3.87. The van der Waals surface area contributed by atoms with Crippen LogP contribution >= 0.6 is 11.3 Å². The Hall–Kier alpha value is -2.02. The number of aromatic nitrogens is 1. The fraction of sp³-hybridized carbons (Fsp3) is 0.286. The number of aryl methyl sites for hydroxylation is 1. The molecule has 3 aromatic rings. The highest BCUT2D eigenvalue weighted by atomic mass is 32.2. The van der Waals surface area contributed by atoms with Gasteiger partial charge in [-0.05, 0) is 58.8 Å². The van der Waals surface area contributed by atoms with Gasteiger partial charge >= 0.3 is 0 Å². The summed E-state index contributed by atoms with van der Waals surface area (Å²) in [5.41, 5.74) is 4.32. The summed E-state index contributed by atoms with van der Waals surface area (Å²) in [6, 6.07) is 11.8. The third-order valence-electron chi connectivity index (χ3n) is 5.79. The lowest BCUT2D eigenvalue weighted by atomic mass is 9.95. The molecule has 138 valence electrons. The topological polar surface area (TPSA) is 50.3 Å². The lowest BCUT2D eigenvalue weighted by Crippen LogP contribution is -2.25. The predicted molar refractivity (Wildman–Crippen MR) is 108 cm³/mol. The maximum absolute atomic E-state index is 13.1. The molecule has 2 atom stereocenters. The van der Waals surface area contributed by atoms with Gasteiger partial charge in [0.05, 0.1) is 10.1 Å². The van der Waals surface area contributed by atoms with Crippen LogP contribution in [0.3, 0.4) is 0 Å². The molecule has 2 aliphatic rings. The Balaban J connectivity index is 1.50. The normalized spacial score (nSPS) is 23.3. The van der Waals surface area contributed by atoms with Crippen LogP contribution < -0.4 is 0 Å². The Morgan fingerprint density at radius 3 is 2.81 bits per heavy atom. The molecule has 6 heteroatoms. The Labute approximate surface area is 163 Å². The quantitative estimate of drug-likeness (QED) is 0.674. The highest BCUT2D eigenvalue weighted by molar-refractivity contribution is 7.92. The first-order chi connectivity index (χ1) is 13.0. The van der Waals surface area contributed by atoms with Gasteiger partial charge in [-0.15, -0.1) is 11.3 Å². The van der Waals surface area contributed by atoms with Crippen LogP contribution in [-0.2, 0) is 16.4 Å². The zero-order valence-corrected chi connectivity index (χ0v) is 16.6. The first-order valence-corrected chi connectivity index (χ1v) is 11.5. The second-order valence-corrected chi connectivity index (χ2v) is 10.5. The number of fused-ring (bicyclic) bond motifs is 3. The number of likely N-dealkylation sites (tertiary alicyclic amines) is 1. The third-order valence-corrected chi connectivity index (χ3v) is 9.05. The molecule has 2 unspecified atom stereocenters. The van der Waals surface area contributed by atoms with Gasteiger partial charge in [0.2, 0.25) is 0 Å². The Kier molecular flexibility index (Phi) is 3.96. The van der Waals surface area contributed by atoms with Crippen LogP contribution in [0.25, 0.3) is 11.1 Å². The standard InChI is InChI=1S/C21H20N2O2S2/c1-14-6-8-26-19(14)12-23-11-18-17-9-15(16-3-2-7-22-10-16)4-5-20(17)27(24,25)21(18)13-23/h2-10,18,21H,11-13H2,1H3. The number of hydrogen-bond donors (Lipinski definition) is 0. The van der Waals surface area contributed by atoms with Crippen molar-refractivity contribution in [1.82, 2.24) is 9.88 Å². The molecule has 1 aromatic carbocycles. The second-order valence-electron chi connectivity index (χ2n) is 7.41. The van der Waals surface area contributed by atoms with Crippen LogP contribution in [0.4, 0.5) is 0 Å². The maximum Gasteiger partial charge on any atom is 0.183 e. The van der Waals surface area contributed by atoms with E-state index in [1.165, 1.54) is 10.4 Å². The van der Waals surface area contributed by atoms with E-state index in [0.29, 0.717) is 11.4 Å². The zero-order valence-electron chi connectivity index (χ0n) is 15.0. The summed E-state index contributed by atoms with van der Waals surface area (Å²) < 4.78 is 26.2. The van der Waals surface area contributed by atoms with Crippen LogP contribution in [-0.4, -0.2) is 36.6 Å². The van der Waals surface area contributed by atoms with E-state index in [9.17, 15) is 8.42 Å². The molecule has 0 aliphatic carbocycles. The molecule has 0 N–H and O–H groups in total. The Morgan fingerprint density at radius 2 is 2.07 bits per heavy atom. The van der Waals surface area contributed by atoms with E-state index in [4.69, 9.17) is 0 Å². The Morgan fingerprint density at radius 1 is 1.19 bits per heavy atom. The van der Waals surface area contributed by atoms with Crippen molar-refractivity contribution < 1.29 is 8.42 Å². The van der Waals surface area contributed by atoms with Gasteiger partial charge in [0.25, 0.3) is 0 Å². The molecule has 2 aromatic heterocycles. The van der Waals surface area contributed by atoms with Crippen LogP contribution in [0.15, 0.2) is 59.1 Å². The summed E-state index contributed by atoms with van der Waals surface area (Å²) in [5, 5.41) is 1.78. The van der Waals surface area contributed by atoms with Gasteiger partial charge in [0, 0.05) is 42.8 Å². The summed E-state index contributed by atoms with van der Waals surface area (Å²) >= 11 is 1.75. The van der Waals surface area contributed by atoms with Crippen molar-refractivity contribution in [2.24, 2.45) is 0 Å². The lowest BCUT2D eigenvalue weighted by molar-refractivity contribution is 0.328. The van der Waals surface area contributed by atoms with Gasteiger partial charge in [-0.25, -0.2) is 8.42 Å². The van der Waals surface area contributed by atoms with Gasteiger partial charge in [0.15, 0.2) is 9.84 Å². The lowest BCUT2D eigenvalue weighted by Gasteiger charge is -2.17. The molecule has 0 bridgehead atoms. The first-order valence-electron chi connectivity index (χ1n) is 9.07. The van der Waals surface area contributed by atoms with E-state index in [-0.39, 0.29) is 11.2 Å². The molecular formula is C21H20N2O2S2. The highest BCUT2D eigenvalue weighted by Crippen LogP contribution is 2.46. The molecule has 0 saturated carbocycles. The van der Waals surface area contributed by atoms with E-state index in [1.54, 1.807) is 23.6 Å². The smallest absolute Gasteiger partial charge is 0.183 e. The number of nitrogens with zero attached hydrogens (tertiary/aromatic N) is 2. The summed E-state index contributed by atoms with van der Waals surface area (Å²) in [4.78, 5) is 8.34. The monoisotopic (exact) mass is 396 g/mol. The largest absolute Gasteiger partial charge is 0.296 e. The number of sulfone groups is 1. The third kappa shape index (κ3) is 2.74. The van der Waals surface area contributed by atoms with Gasteiger partial charge in [0.1, 0.15) is 0 Å². The first kappa shape index (κ1) is 17.1. The molecule has 4 heterocycles. The second kappa shape index (κ2) is 6.26. The Bertz CT molecular complexity index is 1110. The van der Waals surface area contributed by atoms with E-state index in [1.807, 2.05) is 24.4 Å². The molecule has 0 radical (unpaired) electrons. The van der Waals surface area contributed by atoms with Crippen molar-refractivity contribution in [3.63, 3.8) is 0 Å². The maximum atomic E-state index is 13.1. The summed E-state index contributed by atoms with van der Waals surface area (Å²) in [6.07, 6.45) is 3.57. The van der Waals surface area contributed by atoms with Crippen LogP contribution in [0, 0.1) is 6.92 Å². The van der Waals surface area contributed by atoms with E-state index < -0.39 is 9.84 Å². The number of benzene rings is 1. The molecule has 4 nitrogen and oxygen atoms in total. The van der Waals surface area contributed by atoms with E-state index in [2.05, 4.69) is 34.3 Å². The van der Waals surface area contributed by atoms with Crippen LogP contribution in [0.2, 0.25) is 0 Å². The van der Waals surface area contributed by atoms with Gasteiger partial charge < -0.3 is 0 Å². The fourth-order valence-electron chi connectivity index (χ4n) is 4.34. The van der Waals surface area contributed by atoms with Crippen LogP contribution in [0.1, 0.15) is 21.9 Å². The van der Waals surface area contributed by atoms with Gasteiger partial charge in [-0.3, -0.25) is 9.88 Å². The molecule has 0 spiro atoms. The SMILES string of the molecule is Cc1ccsc1CN1CC2c3cc(-c4cccnc4)ccc3S(=O)(=O)C2C1. The number of rotatable bonds is 3. The molecule has 0 amide bonds. The van der Waals surface area contributed by atoms with Crippen molar-refractivity contribution in [1.29, 1.82) is 0 Å². The minimum atomic E-state index is -3.26. The number of hydrogen-bond acceptors (Lipinski definition) is 5.